The zero-order valence-electron chi connectivity index (χ0n) is 13.6. The smallest absolute Gasteiger partial charge is 0.253 e. The van der Waals surface area contributed by atoms with Crippen molar-refractivity contribution in [1.29, 1.82) is 0 Å². The molecule has 116 valence electrons. The quantitative estimate of drug-likeness (QED) is 0.848. The number of benzene rings is 1. The SMILES string of the molecule is CCCN(CC1CC1)C(=O)c1ccc2nc(C)c(C)nc2c1. The van der Waals surface area contributed by atoms with Crippen LogP contribution in [0, 0.1) is 19.8 Å². The lowest BCUT2D eigenvalue weighted by Gasteiger charge is -2.22. The van der Waals surface area contributed by atoms with Gasteiger partial charge in [0.05, 0.1) is 22.4 Å². The van der Waals surface area contributed by atoms with Crippen LogP contribution in [0.3, 0.4) is 0 Å². The molecule has 0 saturated heterocycles. The Hall–Kier alpha value is -1.97. The molecular formula is C18H23N3O. The van der Waals surface area contributed by atoms with E-state index in [4.69, 9.17) is 0 Å². The van der Waals surface area contributed by atoms with Crippen molar-refractivity contribution in [1.82, 2.24) is 14.9 Å². The molecule has 2 aromatic rings. The second-order valence-electron chi connectivity index (χ2n) is 6.29. The predicted molar refractivity (Wildman–Crippen MR) is 87.9 cm³/mol. The number of aromatic nitrogens is 2. The Kier molecular flexibility index (Phi) is 4.10. The van der Waals surface area contributed by atoms with Gasteiger partial charge >= 0.3 is 0 Å². The number of nitrogens with zero attached hydrogens (tertiary/aromatic N) is 3. The maximum absolute atomic E-state index is 12.8. The van der Waals surface area contributed by atoms with E-state index >= 15 is 0 Å². The summed E-state index contributed by atoms with van der Waals surface area (Å²) in [6.07, 6.45) is 3.51. The van der Waals surface area contributed by atoms with Crippen LogP contribution in [-0.2, 0) is 0 Å². The summed E-state index contributed by atoms with van der Waals surface area (Å²) in [7, 11) is 0. The molecule has 1 aromatic heterocycles. The average molecular weight is 297 g/mol. The Morgan fingerprint density at radius 2 is 1.86 bits per heavy atom. The number of carbonyl (C=O) groups excluding carboxylic acids is 1. The van der Waals surface area contributed by atoms with Gasteiger partial charge in [-0.15, -0.1) is 0 Å². The Balaban J connectivity index is 1.90. The summed E-state index contributed by atoms with van der Waals surface area (Å²) in [6.45, 7) is 7.74. The maximum atomic E-state index is 12.8. The number of amides is 1. The molecule has 0 aliphatic heterocycles. The summed E-state index contributed by atoms with van der Waals surface area (Å²) in [5.74, 6) is 0.830. The molecule has 1 saturated carbocycles. The molecule has 1 amide bonds. The van der Waals surface area contributed by atoms with Gasteiger partial charge in [-0.3, -0.25) is 4.79 Å². The molecule has 0 spiro atoms. The van der Waals surface area contributed by atoms with Crippen LogP contribution in [0.25, 0.3) is 11.0 Å². The molecule has 1 aromatic carbocycles. The minimum absolute atomic E-state index is 0.121. The first-order valence-corrected chi connectivity index (χ1v) is 8.12. The molecule has 3 rings (SSSR count). The monoisotopic (exact) mass is 297 g/mol. The number of hydrogen-bond acceptors (Lipinski definition) is 3. The van der Waals surface area contributed by atoms with Crippen LogP contribution in [0.1, 0.15) is 47.9 Å². The van der Waals surface area contributed by atoms with Crippen LogP contribution in [0.5, 0.6) is 0 Å². The Morgan fingerprint density at radius 1 is 1.18 bits per heavy atom. The van der Waals surface area contributed by atoms with Crippen LogP contribution in [-0.4, -0.2) is 33.9 Å². The van der Waals surface area contributed by atoms with Crippen LogP contribution < -0.4 is 0 Å². The fourth-order valence-electron chi connectivity index (χ4n) is 2.70. The summed E-state index contributed by atoms with van der Waals surface area (Å²) < 4.78 is 0. The van der Waals surface area contributed by atoms with E-state index in [1.807, 2.05) is 36.9 Å². The standard InChI is InChI=1S/C18H23N3O/c1-4-9-21(11-14-5-6-14)18(22)15-7-8-16-17(10-15)20-13(3)12(2)19-16/h7-8,10,14H,4-6,9,11H2,1-3H3. The van der Waals surface area contributed by atoms with E-state index in [0.29, 0.717) is 5.92 Å². The highest BCUT2D eigenvalue weighted by molar-refractivity contribution is 5.97. The Morgan fingerprint density at radius 3 is 2.50 bits per heavy atom. The highest BCUT2D eigenvalue weighted by Crippen LogP contribution is 2.30. The van der Waals surface area contributed by atoms with Gasteiger partial charge in [0.25, 0.3) is 5.91 Å². The van der Waals surface area contributed by atoms with Gasteiger partial charge < -0.3 is 4.90 Å². The van der Waals surface area contributed by atoms with Crippen molar-refractivity contribution >= 4 is 16.9 Å². The van der Waals surface area contributed by atoms with Gasteiger partial charge in [-0.1, -0.05) is 6.92 Å². The molecule has 1 aliphatic rings. The fraction of sp³-hybridized carbons (Fsp3) is 0.500. The molecule has 0 bridgehead atoms. The predicted octanol–water partition coefficient (Wildman–Crippen LogP) is 3.51. The van der Waals surface area contributed by atoms with Gasteiger partial charge in [-0.05, 0) is 57.2 Å². The molecule has 0 N–H and O–H groups in total. The fourth-order valence-corrected chi connectivity index (χ4v) is 2.70. The zero-order valence-corrected chi connectivity index (χ0v) is 13.6. The molecular weight excluding hydrogens is 274 g/mol. The number of aryl methyl sites for hydroxylation is 2. The summed E-state index contributed by atoms with van der Waals surface area (Å²) in [5, 5.41) is 0. The first-order chi connectivity index (χ1) is 10.6. The molecule has 0 radical (unpaired) electrons. The molecule has 4 nitrogen and oxygen atoms in total. The van der Waals surface area contributed by atoms with Gasteiger partial charge in [0, 0.05) is 18.7 Å². The lowest BCUT2D eigenvalue weighted by molar-refractivity contribution is 0.0748. The van der Waals surface area contributed by atoms with Crippen molar-refractivity contribution in [2.45, 2.75) is 40.0 Å². The van der Waals surface area contributed by atoms with E-state index in [1.165, 1.54) is 12.8 Å². The molecule has 0 unspecified atom stereocenters. The molecule has 0 atom stereocenters. The van der Waals surface area contributed by atoms with E-state index in [1.54, 1.807) is 0 Å². The lowest BCUT2D eigenvalue weighted by atomic mass is 10.1. The van der Waals surface area contributed by atoms with Crippen molar-refractivity contribution < 1.29 is 4.79 Å². The van der Waals surface area contributed by atoms with E-state index < -0.39 is 0 Å². The van der Waals surface area contributed by atoms with Crippen molar-refractivity contribution in [3.63, 3.8) is 0 Å². The van der Waals surface area contributed by atoms with Crippen LogP contribution >= 0.6 is 0 Å². The third-order valence-electron chi connectivity index (χ3n) is 4.28. The minimum Gasteiger partial charge on any atom is -0.338 e. The maximum Gasteiger partial charge on any atom is 0.253 e. The topological polar surface area (TPSA) is 46.1 Å². The largest absolute Gasteiger partial charge is 0.338 e. The molecule has 1 aliphatic carbocycles. The van der Waals surface area contributed by atoms with Gasteiger partial charge in [0.15, 0.2) is 0 Å². The molecule has 1 heterocycles. The van der Waals surface area contributed by atoms with Crippen LogP contribution in [0.2, 0.25) is 0 Å². The van der Waals surface area contributed by atoms with Crippen molar-refractivity contribution in [3.8, 4) is 0 Å². The van der Waals surface area contributed by atoms with Crippen molar-refractivity contribution in [2.24, 2.45) is 5.92 Å². The minimum atomic E-state index is 0.121. The van der Waals surface area contributed by atoms with Gasteiger partial charge in [0.1, 0.15) is 0 Å². The summed E-state index contributed by atoms with van der Waals surface area (Å²) >= 11 is 0. The lowest BCUT2D eigenvalue weighted by Crippen LogP contribution is -2.33. The first kappa shape index (κ1) is 14.9. The second kappa shape index (κ2) is 6.03. The third-order valence-corrected chi connectivity index (χ3v) is 4.28. The second-order valence-corrected chi connectivity index (χ2v) is 6.29. The average Bonchev–Trinajstić information content (AvgIpc) is 3.31. The number of rotatable bonds is 5. The number of hydrogen-bond donors (Lipinski definition) is 0. The van der Waals surface area contributed by atoms with E-state index in [-0.39, 0.29) is 5.91 Å². The Labute approximate surface area is 131 Å². The van der Waals surface area contributed by atoms with Crippen molar-refractivity contribution in [2.75, 3.05) is 13.1 Å². The Bertz CT molecular complexity index is 707. The molecule has 1 fully saturated rings. The summed E-state index contributed by atoms with van der Waals surface area (Å²) in [5.41, 5.74) is 4.23. The third kappa shape index (κ3) is 3.11. The summed E-state index contributed by atoms with van der Waals surface area (Å²) in [6, 6.07) is 5.67. The van der Waals surface area contributed by atoms with Crippen LogP contribution in [0.4, 0.5) is 0 Å². The van der Waals surface area contributed by atoms with Gasteiger partial charge in [-0.2, -0.15) is 0 Å². The van der Waals surface area contributed by atoms with Crippen molar-refractivity contribution in [3.05, 3.63) is 35.2 Å². The normalized spacial score (nSPS) is 14.3. The first-order valence-electron chi connectivity index (χ1n) is 8.12. The summed E-state index contributed by atoms with van der Waals surface area (Å²) in [4.78, 5) is 23.9. The van der Waals surface area contributed by atoms with E-state index in [0.717, 1.165) is 47.5 Å². The van der Waals surface area contributed by atoms with E-state index in [9.17, 15) is 4.79 Å². The van der Waals surface area contributed by atoms with Crippen LogP contribution in [0.15, 0.2) is 18.2 Å². The highest BCUT2D eigenvalue weighted by Gasteiger charge is 2.27. The zero-order chi connectivity index (χ0) is 15.7. The number of fused-ring (bicyclic) bond motifs is 1. The van der Waals surface area contributed by atoms with Gasteiger partial charge in [-0.25, -0.2) is 9.97 Å². The highest BCUT2D eigenvalue weighted by atomic mass is 16.2. The molecule has 22 heavy (non-hydrogen) atoms. The van der Waals surface area contributed by atoms with Gasteiger partial charge in [0.2, 0.25) is 0 Å². The number of carbonyl (C=O) groups is 1. The van der Waals surface area contributed by atoms with E-state index in [2.05, 4.69) is 16.9 Å². The molecule has 4 heteroatoms.